The van der Waals surface area contributed by atoms with Crippen LogP contribution in [0.3, 0.4) is 0 Å². The van der Waals surface area contributed by atoms with Crippen LogP contribution in [0.5, 0.6) is 0 Å². The van der Waals surface area contributed by atoms with Gasteiger partial charge in [0.25, 0.3) is 0 Å². The third-order valence-corrected chi connectivity index (χ3v) is 4.81. The summed E-state index contributed by atoms with van der Waals surface area (Å²) in [5.41, 5.74) is 1.19. The molecular weight excluding hydrogens is 260 g/mol. The van der Waals surface area contributed by atoms with Gasteiger partial charge in [-0.2, -0.15) is 0 Å². The van der Waals surface area contributed by atoms with Gasteiger partial charge in [0.2, 0.25) is 0 Å². The fourth-order valence-corrected chi connectivity index (χ4v) is 3.58. The number of hydrogen-bond acceptors (Lipinski definition) is 4. The Labute approximate surface area is 118 Å². The third kappa shape index (κ3) is 2.46. The average Bonchev–Trinajstić information content (AvgIpc) is 2.86. The van der Waals surface area contributed by atoms with Gasteiger partial charge in [0.1, 0.15) is 6.61 Å². The van der Waals surface area contributed by atoms with E-state index >= 15 is 0 Å². The standard InChI is InChI=1S/C14H20N2O4/c17-12-8-11(9-20-12)16-5-1-2-14(10-16)3-6-15(7-4-14)13(18)19/h8H,1-7,9-10H2,(H,18,19). The summed E-state index contributed by atoms with van der Waals surface area (Å²) < 4.78 is 4.98. The highest BCUT2D eigenvalue weighted by atomic mass is 16.5. The first-order chi connectivity index (χ1) is 9.58. The molecular formula is C14H20N2O4. The van der Waals surface area contributed by atoms with Crippen molar-refractivity contribution in [1.29, 1.82) is 0 Å². The molecule has 1 amide bonds. The van der Waals surface area contributed by atoms with E-state index in [4.69, 9.17) is 9.84 Å². The summed E-state index contributed by atoms with van der Waals surface area (Å²) in [6.45, 7) is 3.52. The summed E-state index contributed by atoms with van der Waals surface area (Å²) in [7, 11) is 0. The van der Waals surface area contributed by atoms with Crippen LogP contribution in [0.15, 0.2) is 11.8 Å². The summed E-state index contributed by atoms with van der Waals surface area (Å²) in [6, 6.07) is 0. The van der Waals surface area contributed by atoms with Gasteiger partial charge in [-0.25, -0.2) is 9.59 Å². The van der Waals surface area contributed by atoms with Gasteiger partial charge in [0.15, 0.2) is 0 Å². The summed E-state index contributed by atoms with van der Waals surface area (Å²) in [5, 5.41) is 9.03. The molecule has 0 aromatic rings. The van der Waals surface area contributed by atoms with E-state index in [1.165, 1.54) is 4.90 Å². The number of carbonyl (C=O) groups excluding carboxylic acids is 1. The lowest BCUT2D eigenvalue weighted by atomic mass is 9.72. The van der Waals surface area contributed by atoms with E-state index in [0.29, 0.717) is 19.7 Å². The normalized spacial score (nSPS) is 25.6. The fraction of sp³-hybridized carbons (Fsp3) is 0.714. The summed E-state index contributed by atoms with van der Waals surface area (Å²) >= 11 is 0. The Balaban J connectivity index is 1.65. The molecule has 3 aliphatic rings. The number of carbonyl (C=O) groups is 2. The first-order valence-corrected chi connectivity index (χ1v) is 7.18. The predicted octanol–water partition coefficient (Wildman–Crippen LogP) is 1.28. The monoisotopic (exact) mass is 280 g/mol. The number of hydrogen-bond donors (Lipinski definition) is 1. The van der Waals surface area contributed by atoms with Crippen molar-refractivity contribution in [3.8, 4) is 0 Å². The average molecular weight is 280 g/mol. The molecule has 3 aliphatic heterocycles. The van der Waals surface area contributed by atoms with E-state index in [1.807, 2.05) is 0 Å². The largest absolute Gasteiger partial charge is 0.465 e. The maximum Gasteiger partial charge on any atom is 0.407 e. The van der Waals surface area contributed by atoms with Crippen LogP contribution in [-0.4, -0.2) is 59.8 Å². The van der Waals surface area contributed by atoms with E-state index in [-0.39, 0.29) is 11.4 Å². The maximum absolute atomic E-state index is 11.2. The Morgan fingerprint density at radius 3 is 2.60 bits per heavy atom. The molecule has 6 heteroatoms. The molecule has 1 spiro atoms. The van der Waals surface area contributed by atoms with Gasteiger partial charge >= 0.3 is 12.1 Å². The first-order valence-electron chi connectivity index (χ1n) is 7.18. The second kappa shape index (κ2) is 5.00. The number of carboxylic acid groups (broad SMARTS) is 1. The number of esters is 1. The van der Waals surface area contributed by atoms with Crippen LogP contribution in [0.1, 0.15) is 25.7 Å². The number of amides is 1. The van der Waals surface area contributed by atoms with Crippen LogP contribution < -0.4 is 0 Å². The third-order valence-electron chi connectivity index (χ3n) is 4.81. The number of rotatable bonds is 1. The SMILES string of the molecule is O=C1C=C(N2CCCC3(CCN(C(=O)O)CC3)C2)CO1. The highest BCUT2D eigenvalue weighted by Gasteiger charge is 2.40. The summed E-state index contributed by atoms with van der Waals surface area (Å²) in [6.07, 6.45) is 4.85. The van der Waals surface area contributed by atoms with Gasteiger partial charge in [0.05, 0.1) is 5.70 Å². The van der Waals surface area contributed by atoms with Crippen molar-refractivity contribution in [2.24, 2.45) is 5.41 Å². The minimum atomic E-state index is -0.815. The first kappa shape index (κ1) is 13.3. The second-order valence-corrected chi connectivity index (χ2v) is 6.04. The van der Waals surface area contributed by atoms with Gasteiger partial charge in [-0.05, 0) is 31.1 Å². The number of cyclic esters (lactones) is 1. The van der Waals surface area contributed by atoms with Gasteiger partial charge < -0.3 is 19.6 Å². The van der Waals surface area contributed by atoms with E-state index in [1.54, 1.807) is 6.08 Å². The van der Waals surface area contributed by atoms with Gasteiger partial charge in [-0.3, -0.25) is 0 Å². The lowest BCUT2D eigenvalue weighted by Gasteiger charge is -2.48. The van der Waals surface area contributed by atoms with Crippen LogP contribution in [0, 0.1) is 5.41 Å². The molecule has 0 aromatic heterocycles. The molecule has 0 saturated carbocycles. The molecule has 0 aromatic carbocycles. The van der Waals surface area contributed by atoms with Crippen molar-refractivity contribution in [2.45, 2.75) is 25.7 Å². The number of likely N-dealkylation sites (tertiary alicyclic amines) is 2. The zero-order valence-electron chi connectivity index (χ0n) is 11.5. The molecule has 0 radical (unpaired) electrons. The van der Waals surface area contributed by atoms with E-state index in [0.717, 1.165) is 44.5 Å². The molecule has 3 rings (SSSR count). The van der Waals surface area contributed by atoms with Crippen LogP contribution in [0.2, 0.25) is 0 Å². The zero-order chi connectivity index (χ0) is 14.2. The van der Waals surface area contributed by atoms with Gasteiger partial charge in [0, 0.05) is 32.3 Å². The highest BCUT2D eigenvalue weighted by Crippen LogP contribution is 2.41. The minimum Gasteiger partial charge on any atom is -0.465 e. The van der Waals surface area contributed by atoms with Gasteiger partial charge in [-0.15, -0.1) is 0 Å². The topological polar surface area (TPSA) is 70.1 Å². The summed E-state index contributed by atoms with van der Waals surface area (Å²) in [5.74, 6) is -0.250. The molecule has 0 unspecified atom stereocenters. The van der Waals surface area contributed by atoms with E-state index in [9.17, 15) is 9.59 Å². The number of nitrogens with zero attached hydrogens (tertiary/aromatic N) is 2. The molecule has 20 heavy (non-hydrogen) atoms. The predicted molar refractivity (Wildman–Crippen MR) is 71.1 cm³/mol. The Morgan fingerprint density at radius 1 is 1.25 bits per heavy atom. The molecule has 0 atom stereocenters. The maximum atomic E-state index is 11.2. The molecule has 0 bridgehead atoms. The molecule has 110 valence electrons. The molecule has 3 heterocycles. The highest BCUT2D eigenvalue weighted by molar-refractivity contribution is 5.85. The second-order valence-electron chi connectivity index (χ2n) is 6.04. The molecule has 2 fully saturated rings. The van der Waals surface area contributed by atoms with Crippen molar-refractivity contribution in [3.63, 3.8) is 0 Å². The minimum absolute atomic E-state index is 0.205. The Morgan fingerprint density at radius 2 is 2.00 bits per heavy atom. The van der Waals surface area contributed by atoms with Crippen molar-refractivity contribution >= 4 is 12.1 Å². The fourth-order valence-electron chi connectivity index (χ4n) is 3.58. The molecule has 1 N–H and O–H groups in total. The summed E-state index contributed by atoms with van der Waals surface area (Å²) in [4.78, 5) is 25.9. The van der Waals surface area contributed by atoms with Crippen molar-refractivity contribution in [3.05, 3.63) is 11.8 Å². The van der Waals surface area contributed by atoms with Crippen LogP contribution in [0.25, 0.3) is 0 Å². The Hall–Kier alpha value is -1.72. The number of piperidine rings is 2. The lowest BCUT2D eigenvalue weighted by Crippen LogP contribution is -2.50. The van der Waals surface area contributed by atoms with Gasteiger partial charge in [-0.1, -0.05) is 0 Å². The van der Waals surface area contributed by atoms with Crippen molar-refractivity contribution in [2.75, 3.05) is 32.8 Å². The van der Waals surface area contributed by atoms with E-state index < -0.39 is 6.09 Å². The molecule has 2 saturated heterocycles. The van der Waals surface area contributed by atoms with Crippen molar-refractivity contribution in [1.82, 2.24) is 9.80 Å². The zero-order valence-corrected chi connectivity index (χ0v) is 11.5. The quantitative estimate of drug-likeness (QED) is 0.733. The van der Waals surface area contributed by atoms with E-state index in [2.05, 4.69) is 4.90 Å². The Bertz CT molecular complexity index is 452. The van der Waals surface area contributed by atoms with Crippen molar-refractivity contribution < 1.29 is 19.4 Å². The smallest absolute Gasteiger partial charge is 0.407 e. The lowest BCUT2D eigenvalue weighted by molar-refractivity contribution is -0.135. The molecule has 0 aliphatic carbocycles. The number of ether oxygens (including phenoxy) is 1. The Kier molecular flexibility index (Phi) is 3.31. The molecule has 6 nitrogen and oxygen atoms in total. The van der Waals surface area contributed by atoms with Crippen LogP contribution in [0.4, 0.5) is 4.79 Å². The van der Waals surface area contributed by atoms with Crippen LogP contribution >= 0.6 is 0 Å². The van der Waals surface area contributed by atoms with Crippen LogP contribution in [-0.2, 0) is 9.53 Å².